The van der Waals surface area contributed by atoms with Crippen LogP contribution in [0.2, 0.25) is 0 Å². The first-order chi connectivity index (χ1) is 10.3. The maximum absolute atomic E-state index is 12.3. The lowest BCUT2D eigenvalue weighted by Gasteiger charge is -2.34. The molecule has 2 heterocycles. The number of quaternary nitrogens is 1. The van der Waals surface area contributed by atoms with Gasteiger partial charge < -0.3 is 9.80 Å². The second kappa shape index (κ2) is 5.58. The molecule has 0 unspecified atom stereocenters. The van der Waals surface area contributed by atoms with Crippen LogP contribution in [0, 0.1) is 17.8 Å². The number of nitrogens with one attached hydrogen (secondary N) is 1. The van der Waals surface area contributed by atoms with Gasteiger partial charge in [0.05, 0.1) is 37.6 Å². The maximum atomic E-state index is 12.3. The number of allylic oxidation sites excluding steroid dienone is 2. The fourth-order valence-electron chi connectivity index (χ4n) is 4.29. The highest BCUT2D eigenvalue weighted by Gasteiger charge is 2.38. The summed E-state index contributed by atoms with van der Waals surface area (Å²) in [6.07, 6.45) is 7.69. The summed E-state index contributed by atoms with van der Waals surface area (Å²) in [5.41, 5.74) is 0. The Kier molecular flexibility index (Phi) is 3.59. The molecule has 3 aliphatic rings. The van der Waals surface area contributed by atoms with E-state index in [0.29, 0.717) is 0 Å². The molecule has 4 heteroatoms. The molecule has 1 saturated carbocycles. The molecule has 1 saturated heterocycles. The van der Waals surface area contributed by atoms with E-state index in [4.69, 9.17) is 0 Å². The average Bonchev–Trinajstić information content (AvgIpc) is 3.25. The Labute approximate surface area is 130 Å². The number of hydrogen-bond acceptors (Lipinski definition) is 2. The molecule has 2 aliphatic carbocycles. The van der Waals surface area contributed by atoms with E-state index < -0.39 is 0 Å². The van der Waals surface area contributed by atoms with Gasteiger partial charge in [-0.1, -0.05) is 18.2 Å². The molecule has 1 aromatic heterocycles. The number of carbonyl (C=O) groups excluding carboxylic acids is 1. The zero-order valence-electron chi connectivity index (χ0n) is 12.3. The fraction of sp³-hybridized carbons (Fsp3) is 0.588. The highest BCUT2D eigenvalue weighted by Crippen LogP contribution is 2.42. The van der Waals surface area contributed by atoms with Gasteiger partial charge in [-0.25, -0.2) is 0 Å². The number of piperazine rings is 1. The molecule has 0 spiro atoms. The Balaban J connectivity index is 1.29. The molecule has 0 radical (unpaired) electrons. The van der Waals surface area contributed by atoms with Crippen LogP contribution in [-0.2, 0) is 0 Å². The van der Waals surface area contributed by atoms with E-state index in [1.807, 2.05) is 22.4 Å². The second-order valence-electron chi connectivity index (χ2n) is 6.76. The smallest absolute Gasteiger partial charge is 0.264 e. The van der Waals surface area contributed by atoms with Crippen molar-refractivity contribution in [3.63, 3.8) is 0 Å². The van der Waals surface area contributed by atoms with E-state index in [1.165, 1.54) is 19.4 Å². The molecule has 0 aromatic carbocycles. The van der Waals surface area contributed by atoms with E-state index in [2.05, 4.69) is 12.2 Å². The SMILES string of the molecule is O=C(c1cccs1)N1CC[NH+](C[C@@H]2C[C@@H]3C=C[C@H]2C3)CC1. The monoisotopic (exact) mass is 303 g/mol. The van der Waals surface area contributed by atoms with Crippen LogP contribution in [0.5, 0.6) is 0 Å². The van der Waals surface area contributed by atoms with E-state index in [0.717, 1.165) is 48.8 Å². The van der Waals surface area contributed by atoms with Gasteiger partial charge in [-0.2, -0.15) is 0 Å². The van der Waals surface area contributed by atoms with Crippen LogP contribution in [0.1, 0.15) is 22.5 Å². The number of thiophene rings is 1. The number of fused-ring (bicyclic) bond motifs is 2. The summed E-state index contributed by atoms with van der Waals surface area (Å²) >= 11 is 1.55. The minimum atomic E-state index is 0.229. The number of amides is 1. The van der Waals surface area contributed by atoms with Crippen LogP contribution < -0.4 is 4.90 Å². The molecule has 1 amide bonds. The first-order valence-corrected chi connectivity index (χ1v) is 9.02. The first kappa shape index (κ1) is 13.5. The van der Waals surface area contributed by atoms with Crippen molar-refractivity contribution in [2.24, 2.45) is 17.8 Å². The molecule has 21 heavy (non-hydrogen) atoms. The van der Waals surface area contributed by atoms with Crippen molar-refractivity contribution in [3.8, 4) is 0 Å². The molecule has 1 N–H and O–H groups in total. The third kappa shape index (κ3) is 2.67. The average molecular weight is 303 g/mol. The summed E-state index contributed by atoms with van der Waals surface area (Å²) in [4.78, 5) is 17.0. The summed E-state index contributed by atoms with van der Waals surface area (Å²) in [6, 6.07) is 3.90. The van der Waals surface area contributed by atoms with Gasteiger partial charge in [0, 0.05) is 5.92 Å². The highest BCUT2D eigenvalue weighted by molar-refractivity contribution is 7.12. The fourth-order valence-corrected chi connectivity index (χ4v) is 4.98. The highest BCUT2D eigenvalue weighted by atomic mass is 32.1. The Morgan fingerprint density at radius 3 is 2.76 bits per heavy atom. The Morgan fingerprint density at radius 1 is 1.29 bits per heavy atom. The summed E-state index contributed by atoms with van der Waals surface area (Å²) in [7, 11) is 0. The van der Waals surface area contributed by atoms with Gasteiger partial charge in [0.1, 0.15) is 0 Å². The topological polar surface area (TPSA) is 24.8 Å². The van der Waals surface area contributed by atoms with E-state index in [9.17, 15) is 4.79 Å². The molecule has 3 nitrogen and oxygen atoms in total. The predicted octanol–water partition coefficient (Wildman–Crippen LogP) is 1.30. The first-order valence-electron chi connectivity index (χ1n) is 8.14. The van der Waals surface area contributed by atoms with Crippen molar-refractivity contribution in [2.45, 2.75) is 12.8 Å². The maximum Gasteiger partial charge on any atom is 0.264 e. The van der Waals surface area contributed by atoms with Crippen LogP contribution >= 0.6 is 11.3 Å². The molecule has 1 aliphatic heterocycles. The van der Waals surface area contributed by atoms with Crippen LogP contribution in [-0.4, -0.2) is 43.5 Å². The largest absolute Gasteiger partial charge is 0.332 e. The van der Waals surface area contributed by atoms with Crippen molar-refractivity contribution < 1.29 is 9.69 Å². The molecular formula is C17H23N2OS+. The number of rotatable bonds is 3. The number of hydrogen-bond donors (Lipinski definition) is 1. The van der Waals surface area contributed by atoms with Crippen LogP contribution in [0.25, 0.3) is 0 Å². The van der Waals surface area contributed by atoms with Crippen LogP contribution in [0.4, 0.5) is 0 Å². The van der Waals surface area contributed by atoms with Gasteiger partial charge in [-0.05, 0) is 36.1 Å². The molecule has 2 bridgehead atoms. The van der Waals surface area contributed by atoms with Crippen molar-refractivity contribution in [3.05, 3.63) is 34.5 Å². The van der Waals surface area contributed by atoms with Gasteiger partial charge in [-0.3, -0.25) is 4.79 Å². The van der Waals surface area contributed by atoms with Crippen molar-refractivity contribution in [1.82, 2.24) is 4.90 Å². The zero-order valence-corrected chi connectivity index (χ0v) is 13.1. The van der Waals surface area contributed by atoms with E-state index >= 15 is 0 Å². The molecule has 1 aromatic rings. The van der Waals surface area contributed by atoms with Crippen LogP contribution in [0.3, 0.4) is 0 Å². The summed E-state index contributed by atoms with van der Waals surface area (Å²) in [6.45, 7) is 5.39. The number of carbonyl (C=O) groups is 1. The second-order valence-corrected chi connectivity index (χ2v) is 7.71. The van der Waals surface area contributed by atoms with Gasteiger partial charge in [0.25, 0.3) is 5.91 Å². The summed E-state index contributed by atoms with van der Waals surface area (Å²) < 4.78 is 0. The normalized spacial score (nSPS) is 32.0. The molecule has 3 atom stereocenters. The van der Waals surface area contributed by atoms with Crippen LogP contribution in [0.15, 0.2) is 29.7 Å². The summed E-state index contributed by atoms with van der Waals surface area (Å²) in [5, 5.41) is 1.98. The van der Waals surface area contributed by atoms with E-state index in [1.54, 1.807) is 16.2 Å². The Hall–Kier alpha value is -1.13. The zero-order chi connectivity index (χ0) is 14.2. The Morgan fingerprint density at radius 2 is 2.14 bits per heavy atom. The lowest BCUT2D eigenvalue weighted by atomic mass is 9.93. The van der Waals surface area contributed by atoms with Gasteiger partial charge in [0.2, 0.25) is 0 Å². The lowest BCUT2D eigenvalue weighted by molar-refractivity contribution is -0.907. The minimum absolute atomic E-state index is 0.229. The molecule has 4 rings (SSSR count). The quantitative estimate of drug-likeness (QED) is 0.837. The molecule has 2 fully saturated rings. The van der Waals surface area contributed by atoms with Crippen molar-refractivity contribution in [2.75, 3.05) is 32.7 Å². The van der Waals surface area contributed by atoms with Gasteiger partial charge in [-0.15, -0.1) is 11.3 Å². The molecular weight excluding hydrogens is 280 g/mol. The van der Waals surface area contributed by atoms with Crippen molar-refractivity contribution >= 4 is 17.2 Å². The summed E-state index contributed by atoms with van der Waals surface area (Å²) in [5.74, 6) is 2.86. The third-order valence-corrected chi connectivity index (χ3v) is 6.31. The molecule has 112 valence electrons. The lowest BCUT2D eigenvalue weighted by Crippen LogP contribution is -3.15. The Bertz CT molecular complexity index is 531. The van der Waals surface area contributed by atoms with Crippen molar-refractivity contribution in [1.29, 1.82) is 0 Å². The number of nitrogens with zero attached hydrogens (tertiary/aromatic N) is 1. The van der Waals surface area contributed by atoms with E-state index in [-0.39, 0.29) is 5.91 Å². The predicted molar refractivity (Wildman–Crippen MR) is 84.6 cm³/mol. The minimum Gasteiger partial charge on any atom is -0.332 e. The van der Waals surface area contributed by atoms with Gasteiger partial charge in [0.15, 0.2) is 0 Å². The standard InChI is InChI=1S/C17H22N2OS/c20-17(16-2-1-9-21-16)19-7-5-18(6-8-19)12-15-11-13-3-4-14(15)10-13/h1-4,9,13-15H,5-8,10-12H2/p+1/t13-,14+,15+/m1/s1. The third-order valence-electron chi connectivity index (χ3n) is 5.46. The van der Waals surface area contributed by atoms with Gasteiger partial charge >= 0.3 is 0 Å².